The predicted octanol–water partition coefficient (Wildman–Crippen LogP) is -0.0502. The van der Waals surface area contributed by atoms with Crippen LogP contribution in [-0.4, -0.2) is 35.1 Å². The van der Waals surface area contributed by atoms with E-state index >= 15 is 0 Å². The molecule has 1 aliphatic heterocycles. The second kappa shape index (κ2) is 3.59. The van der Waals surface area contributed by atoms with E-state index in [1.807, 2.05) is 13.1 Å². The topological polar surface area (TPSA) is 65.1 Å². The number of nitrogens with one attached hydrogen (secondary N) is 1. The number of hydrogen-bond acceptors (Lipinski definition) is 4. The van der Waals surface area contributed by atoms with Crippen LogP contribution in [0.1, 0.15) is 6.42 Å². The highest BCUT2D eigenvalue weighted by Gasteiger charge is 2.30. The molecule has 0 aromatic carbocycles. The monoisotopic (exact) mass is 196 g/mol. The van der Waals surface area contributed by atoms with Gasteiger partial charge in [-0.2, -0.15) is 5.10 Å². The SMILES string of the molecule is Cn1nccc1NCC1(N)CCOC1. The van der Waals surface area contributed by atoms with Crippen molar-refractivity contribution in [1.29, 1.82) is 0 Å². The van der Waals surface area contributed by atoms with Crippen molar-refractivity contribution < 1.29 is 4.74 Å². The third-order valence-corrected chi connectivity index (χ3v) is 2.58. The van der Waals surface area contributed by atoms with Gasteiger partial charge < -0.3 is 15.8 Å². The minimum absolute atomic E-state index is 0.218. The van der Waals surface area contributed by atoms with Crippen LogP contribution in [0.15, 0.2) is 12.3 Å². The highest BCUT2D eigenvalue weighted by atomic mass is 16.5. The molecule has 2 rings (SSSR count). The first-order chi connectivity index (χ1) is 6.70. The quantitative estimate of drug-likeness (QED) is 0.711. The van der Waals surface area contributed by atoms with E-state index in [0.717, 1.165) is 25.4 Å². The number of ether oxygens (including phenoxy) is 1. The molecule has 3 N–H and O–H groups in total. The molecule has 5 heteroatoms. The molecule has 1 aromatic heterocycles. The Morgan fingerprint density at radius 2 is 2.64 bits per heavy atom. The summed E-state index contributed by atoms with van der Waals surface area (Å²) in [7, 11) is 1.90. The molecule has 1 aromatic rings. The van der Waals surface area contributed by atoms with Crippen LogP contribution in [0.25, 0.3) is 0 Å². The first kappa shape index (κ1) is 9.48. The zero-order valence-corrected chi connectivity index (χ0v) is 8.36. The largest absolute Gasteiger partial charge is 0.379 e. The Kier molecular flexibility index (Phi) is 2.43. The van der Waals surface area contributed by atoms with Crippen molar-refractivity contribution in [2.45, 2.75) is 12.0 Å². The van der Waals surface area contributed by atoms with Crippen molar-refractivity contribution in [3.05, 3.63) is 12.3 Å². The van der Waals surface area contributed by atoms with Gasteiger partial charge in [0.1, 0.15) is 5.82 Å². The number of rotatable bonds is 3. The smallest absolute Gasteiger partial charge is 0.123 e. The average molecular weight is 196 g/mol. The average Bonchev–Trinajstić information content (AvgIpc) is 2.73. The van der Waals surface area contributed by atoms with Crippen LogP contribution >= 0.6 is 0 Å². The summed E-state index contributed by atoms with van der Waals surface area (Å²) in [5.41, 5.74) is 5.89. The second-order valence-corrected chi connectivity index (χ2v) is 3.86. The normalized spacial score (nSPS) is 26.7. The minimum atomic E-state index is -0.218. The Morgan fingerprint density at radius 1 is 1.79 bits per heavy atom. The van der Waals surface area contributed by atoms with Crippen molar-refractivity contribution in [2.24, 2.45) is 12.8 Å². The Labute approximate surface area is 83.2 Å². The van der Waals surface area contributed by atoms with Gasteiger partial charge in [-0.25, -0.2) is 0 Å². The van der Waals surface area contributed by atoms with E-state index in [4.69, 9.17) is 10.5 Å². The zero-order valence-electron chi connectivity index (χ0n) is 8.36. The van der Waals surface area contributed by atoms with Crippen LogP contribution in [-0.2, 0) is 11.8 Å². The van der Waals surface area contributed by atoms with E-state index < -0.39 is 0 Å². The molecular formula is C9H16N4O. The second-order valence-electron chi connectivity index (χ2n) is 3.86. The maximum absolute atomic E-state index is 6.11. The van der Waals surface area contributed by atoms with Gasteiger partial charge >= 0.3 is 0 Å². The molecule has 0 saturated carbocycles. The van der Waals surface area contributed by atoms with Gasteiger partial charge in [0.05, 0.1) is 18.3 Å². The summed E-state index contributed by atoms with van der Waals surface area (Å²) in [5.74, 6) is 0.988. The van der Waals surface area contributed by atoms with Gasteiger partial charge in [0.25, 0.3) is 0 Å². The highest BCUT2D eigenvalue weighted by Crippen LogP contribution is 2.16. The summed E-state index contributed by atoms with van der Waals surface area (Å²) in [6.07, 6.45) is 2.68. The number of anilines is 1. The zero-order chi connectivity index (χ0) is 10.0. The van der Waals surface area contributed by atoms with Gasteiger partial charge in [-0.05, 0) is 6.42 Å². The van der Waals surface area contributed by atoms with Gasteiger partial charge in [0.2, 0.25) is 0 Å². The molecule has 1 fully saturated rings. The Bertz CT molecular complexity index is 304. The van der Waals surface area contributed by atoms with Crippen molar-refractivity contribution in [3.8, 4) is 0 Å². The summed E-state index contributed by atoms with van der Waals surface area (Å²) in [6, 6.07) is 1.93. The number of nitrogens with zero attached hydrogens (tertiary/aromatic N) is 2. The van der Waals surface area contributed by atoms with Gasteiger partial charge in [0, 0.05) is 26.3 Å². The van der Waals surface area contributed by atoms with Crippen molar-refractivity contribution in [2.75, 3.05) is 25.1 Å². The molecule has 1 aliphatic rings. The lowest BCUT2D eigenvalue weighted by Gasteiger charge is -2.22. The van der Waals surface area contributed by atoms with E-state index in [1.165, 1.54) is 0 Å². The van der Waals surface area contributed by atoms with Crippen LogP contribution in [0.5, 0.6) is 0 Å². The standard InChI is InChI=1S/C9H16N4O/c1-13-8(2-4-12-13)11-6-9(10)3-5-14-7-9/h2,4,11H,3,5-7,10H2,1H3. The molecule has 78 valence electrons. The first-order valence-electron chi connectivity index (χ1n) is 4.78. The number of aromatic nitrogens is 2. The maximum atomic E-state index is 6.11. The van der Waals surface area contributed by atoms with Crippen LogP contribution in [0.3, 0.4) is 0 Å². The molecule has 1 atom stereocenters. The molecule has 1 saturated heterocycles. The van der Waals surface area contributed by atoms with Gasteiger partial charge in [-0.3, -0.25) is 4.68 Å². The summed E-state index contributed by atoms with van der Waals surface area (Å²) < 4.78 is 7.06. The van der Waals surface area contributed by atoms with E-state index in [9.17, 15) is 0 Å². The molecule has 14 heavy (non-hydrogen) atoms. The number of aryl methyl sites for hydroxylation is 1. The molecular weight excluding hydrogens is 180 g/mol. The minimum Gasteiger partial charge on any atom is -0.379 e. The van der Waals surface area contributed by atoms with Crippen LogP contribution in [0, 0.1) is 0 Å². The predicted molar refractivity (Wildman–Crippen MR) is 54.1 cm³/mol. The van der Waals surface area contributed by atoms with E-state index in [1.54, 1.807) is 10.9 Å². The Morgan fingerprint density at radius 3 is 3.21 bits per heavy atom. The summed E-state index contributed by atoms with van der Waals surface area (Å²) >= 11 is 0. The Balaban J connectivity index is 1.91. The number of hydrogen-bond donors (Lipinski definition) is 2. The summed E-state index contributed by atoms with van der Waals surface area (Å²) in [5, 5.41) is 7.34. The lowest BCUT2D eigenvalue weighted by Crippen LogP contribution is -2.47. The van der Waals surface area contributed by atoms with E-state index in [2.05, 4.69) is 10.4 Å². The van der Waals surface area contributed by atoms with Crippen molar-refractivity contribution in [3.63, 3.8) is 0 Å². The van der Waals surface area contributed by atoms with Gasteiger partial charge in [0.15, 0.2) is 0 Å². The highest BCUT2D eigenvalue weighted by molar-refractivity contribution is 5.34. The summed E-state index contributed by atoms with van der Waals surface area (Å²) in [4.78, 5) is 0. The third-order valence-electron chi connectivity index (χ3n) is 2.58. The fourth-order valence-corrected chi connectivity index (χ4v) is 1.58. The fraction of sp³-hybridized carbons (Fsp3) is 0.667. The molecule has 1 unspecified atom stereocenters. The van der Waals surface area contributed by atoms with Crippen molar-refractivity contribution >= 4 is 5.82 Å². The van der Waals surface area contributed by atoms with E-state index in [0.29, 0.717) is 6.61 Å². The maximum Gasteiger partial charge on any atom is 0.123 e. The van der Waals surface area contributed by atoms with E-state index in [-0.39, 0.29) is 5.54 Å². The number of nitrogens with two attached hydrogens (primary N) is 1. The molecule has 0 spiro atoms. The van der Waals surface area contributed by atoms with Gasteiger partial charge in [-0.1, -0.05) is 0 Å². The van der Waals surface area contributed by atoms with Crippen LogP contribution in [0.4, 0.5) is 5.82 Å². The van der Waals surface area contributed by atoms with Crippen molar-refractivity contribution in [1.82, 2.24) is 9.78 Å². The molecule has 0 aliphatic carbocycles. The molecule has 0 bridgehead atoms. The summed E-state index contributed by atoms with van der Waals surface area (Å²) in [6.45, 7) is 2.13. The molecule has 0 radical (unpaired) electrons. The van der Waals surface area contributed by atoms with Crippen LogP contribution in [0.2, 0.25) is 0 Å². The molecule has 5 nitrogen and oxygen atoms in total. The molecule has 0 amide bonds. The fourth-order valence-electron chi connectivity index (χ4n) is 1.58. The van der Waals surface area contributed by atoms with Crippen LogP contribution < -0.4 is 11.1 Å². The lowest BCUT2D eigenvalue weighted by atomic mass is 10.0. The Hall–Kier alpha value is -1.07. The van der Waals surface area contributed by atoms with Gasteiger partial charge in [-0.15, -0.1) is 0 Å². The lowest BCUT2D eigenvalue weighted by molar-refractivity contribution is 0.180. The third kappa shape index (κ3) is 1.88. The first-order valence-corrected chi connectivity index (χ1v) is 4.78. The molecule has 2 heterocycles.